The summed E-state index contributed by atoms with van der Waals surface area (Å²) >= 11 is 1.57. The maximum atomic E-state index is 12.6. The number of nitrogens with zero attached hydrogens (tertiary/aromatic N) is 3. The van der Waals surface area contributed by atoms with Crippen LogP contribution in [0.5, 0.6) is 0 Å². The van der Waals surface area contributed by atoms with Gasteiger partial charge in [0.2, 0.25) is 5.91 Å². The number of fused-ring (bicyclic) bond motifs is 3. The van der Waals surface area contributed by atoms with E-state index in [-0.39, 0.29) is 11.8 Å². The zero-order valence-corrected chi connectivity index (χ0v) is 15.4. The van der Waals surface area contributed by atoms with Gasteiger partial charge in [0.1, 0.15) is 0 Å². The van der Waals surface area contributed by atoms with E-state index in [1.165, 1.54) is 16.1 Å². The zero-order valence-electron chi connectivity index (χ0n) is 14.5. The van der Waals surface area contributed by atoms with Gasteiger partial charge in [-0.25, -0.2) is 4.98 Å². The molecule has 5 nitrogen and oxygen atoms in total. The lowest BCUT2D eigenvalue weighted by Crippen LogP contribution is -2.18. The summed E-state index contributed by atoms with van der Waals surface area (Å²) in [5.74, 6) is -0.239. The third-order valence-electron chi connectivity index (χ3n) is 4.80. The molecule has 1 N–H and O–H groups in total. The number of aryl methyl sites for hydroxylation is 3. The second-order valence-electron chi connectivity index (χ2n) is 6.54. The average Bonchev–Trinajstić information content (AvgIpc) is 3.18. The number of anilines is 1. The third kappa shape index (κ3) is 2.87. The highest BCUT2D eigenvalue weighted by molar-refractivity contribution is 7.16. The molecule has 6 heteroatoms. The lowest BCUT2D eigenvalue weighted by Gasteiger charge is -2.11. The molecule has 2 aromatic heterocycles. The molecule has 1 atom stereocenters. The van der Waals surface area contributed by atoms with Gasteiger partial charge in [-0.3, -0.25) is 9.48 Å². The van der Waals surface area contributed by atoms with Crippen LogP contribution in [0.1, 0.15) is 34.5 Å². The Labute approximate surface area is 150 Å². The molecule has 1 amide bonds. The predicted octanol–water partition coefficient (Wildman–Crippen LogP) is 3.69. The smallest absolute Gasteiger partial charge is 0.233 e. The van der Waals surface area contributed by atoms with Crippen LogP contribution in [0.15, 0.2) is 30.5 Å². The van der Waals surface area contributed by atoms with Crippen LogP contribution in [0.4, 0.5) is 5.13 Å². The second-order valence-corrected chi connectivity index (χ2v) is 7.62. The molecule has 0 bridgehead atoms. The maximum absolute atomic E-state index is 12.6. The number of carbonyl (C=O) groups excluding carboxylic acids is 1. The Morgan fingerprint density at radius 1 is 1.28 bits per heavy atom. The molecule has 1 aromatic carbocycles. The molecule has 1 aliphatic rings. The Morgan fingerprint density at radius 3 is 2.80 bits per heavy atom. The van der Waals surface area contributed by atoms with Crippen LogP contribution in [0.3, 0.4) is 0 Å². The summed E-state index contributed by atoms with van der Waals surface area (Å²) in [4.78, 5) is 18.5. The van der Waals surface area contributed by atoms with Gasteiger partial charge < -0.3 is 5.32 Å². The molecule has 2 heterocycles. The van der Waals surface area contributed by atoms with Crippen LogP contribution in [-0.4, -0.2) is 20.7 Å². The predicted molar refractivity (Wildman–Crippen MR) is 99.9 cm³/mol. The second kappa shape index (κ2) is 6.11. The number of hydrogen-bond acceptors (Lipinski definition) is 4. The summed E-state index contributed by atoms with van der Waals surface area (Å²) < 4.78 is 1.91. The van der Waals surface area contributed by atoms with Crippen LogP contribution in [-0.2, 0) is 24.7 Å². The Hall–Kier alpha value is -2.47. The molecule has 0 fully saturated rings. The molecule has 0 saturated heterocycles. The Balaban J connectivity index is 1.55. The monoisotopic (exact) mass is 352 g/mol. The zero-order chi connectivity index (χ0) is 17.6. The van der Waals surface area contributed by atoms with Gasteiger partial charge in [0, 0.05) is 23.2 Å². The first kappa shape index (κ1) is 16.0. The van der Waals surface area contributed by atoms with E-state index in [1.807, 2.05) is 56.0 Å². The van der Waals surface area contributed by atoms with Crippen LogP contribution in [0.2, 0.25) is 0 Å². The molecule has 0 radical (unpaired) electrons. The summed E-state index contributed by atoms with van der Waals surface area (Å²) in [6.45, 7) is 3.97. The largest absolute Gasteiger partial charge is 0.301 e. The van der Waals surface area contributed by atoms with Crippen molar-refractivity contribution >= 4 is 22.4 Å². The van der Waals surface area contributed by atoms with Crippen molar-refractivity contribution in [3.63, 3.8) is 0 Å². The first-order valence-corrected chi connectivity index (χ1v) is 9.23. The Morgan fingerprint density at radius 2 is 2.04 bits per heavy atom. The average molecular weight is 352 g/mol. The summed E-state index contributed by atoms with van der Waals surface area (Å²) in [6, 6.07) is 8.08. The van der Waals surface area contributed by atoms with Crippen LogP contribution < -0.4 is 5.32 Å². The Kier molecular flexibility index (Phi) is 3.92. The number of rotatable bonds is 3. The number of thiazole rings is 1. The van der Waals surface area contributed by atoms with Crippen LogP contribution in [0.25, 0.3) is 11.3 Å². The van der Waals surface area contributed by atoms with E-state index in [1.54, 1.807) is 11.3 Å². The fraction of sp³-hybridized carbons (Fsp3) is 0.316. The maximum Gasteiger partial charge on any atom is 0.233 e. The van der Waals surface area contributed by atoms with E-state index in [2.05, 4.69) is 15.4 Å². The van der Waals surface area contributed by atoms with Gasteiger partial charge in [0.15, 0.2) is 5.13 Å². The van der Waals surface area contributed by atoms with Gasteiger partial charge in [0.25, 0.3) is 0 Å². The summed E-state index contributed by atoms with van der Waals surface area (Å²) in [5, 5.41) is 8.00. The summed E-state index contributed by atoms with van der Waals surface area (Å²) in [6.07, 6.45) is 3.78. The number of aromatic nitrogens is 3. The van der Waals surface area contributed by atoms with Crippen molar-refractivity contribution in [3.05, 3.63) is 52.2 Å². The summed E-state index contributed by atoms with van der Waals surface area (Å²) in [7, 11) is 1.96. The first-order chi connectivity index (χ1) is 12.0. The van der Waals surface area contributed by atoms with E-state index in [4.69, 9.17) is 0 Å². The van der Waals surface area contributed by atoms with Gasteiger partial charge >= 0.3 is 0 Å². The first-order valence-electron chi connectivity index (χ1n) is 8.41. The van der Waals surface area contributed by atoms with Gasteiger partial charge in [-0.15, -0.1) is 11.3 Å². The fourth-order valence-electron chi connectivity index (χ4n) is 3.19. The molecule has 25 heavy (non-hydrogen) atoms. The Bertz CT molecular complexity index is 939. The van der Waals surface area contributed by atoms with E-state index >= 15 is 0 Å². The number of benzene rings is 1. The van der Waals surface area contributed by atoms with Crippen LogP contribution >= 0.6 is 11.3 Å². The van der Waals surface area contributed by atoms with E-state index < -0.39 is 0 Å². The van der Waals surface area contributed by atoms with Crippen molar-refractivity contribution in [2.45, 2.75) is 32.6 Å². The molecule has 3 aromatic rings. The van der Waals surface area contributed by atoms with Crippen LogP contribution in [0, 0.1) is 6.92 Å². The van der Waals surface area contributed by atoms with Crippen molar-refractivity contribution in [1.29, 1.82) is 0 Å². The van der Waals surface area contributed by atoms with Gasteiger partial charge in [-0.05, 0) is 32.3 Å². The number of hydrogen-bond donors (Lipinski definition) is 1. The highest BCUT2D eigenvalue weighted by Gasteiger charge is 2.25. The fourth-order valence-corrected chi connectivity index (χ4v) is 4.17. The standard InChI is InChI=1S/C19H20N4OS/c1-11-4-6-13(7-5-11)12(2)18(24)22-19-21-17-14-10-20-23(3)15(14)8-9-16(17)25-19/h4-7,10,12H,8-9H2,1-3H3,(H,21,22,24). The molecule has 1 aliphatic carbocycles. The van der Waals surface area contributed by atoms with Crippen molar-refractivity contribution in [3.8, 4) is 11.3 Å². The molecular formula is C19H20N4OS. The van der Waals surface area contributed by atoms with E-state index in [0.29, 0.717) is 5.13 Å². The molecule has 0 aliphatic heterocycles. The molecular weight excluding hydrogens is 332 g/mol. The lowest BCUT2D eigenvalue weighted by molar-refractivity contribution is -0.117. The van der Waals surface area contributed by atoms with Crippen molar-refractivity contribution in [2.24, 2.45) is 7.05 Å². The van der Waals surface area contributed by atoms with Gasteiger partial charge in [0.05, 0.1) is 17.8 Å². The minimum Gasteiger partial charge on any atom is -0.301 e. The minimum atomic E-state index is -0.213. The third-order valence-corrected chi connectivity index (χ3v) is 5.83. The topological polar surface area (TPSA) is 59.8 Å². The molecule has 1 unspecified atom stereocenters. The lowest BCUT2D eigenvalue weighted by atomic mass is 9.99. The van der Waals surface area contributed by atoms with Crippen molar-refractivity contribution in [2.75, 3.05) is 5.32 Å². The number of nitrogens with one attached hydrogen (secondary N) is 1. The van der Waals surface area contributed by atoms with Crippen molar-refractivity contribution < 1.29 is 4.79 Å². The normalized spacial score (nSPS) is 13.9. The van der Waals surface area contributed by atoms with E-state index in [0.717, 1.165) is 29.7 Å². The van der Waals surface area contributed by atoms with Gasteiger partial charge in [-0.1, -0.05) is 29.8 Å². The molecule has 128 valence electrons. The van der Waals surface area contributed by atoms with Gasteiger partial charge in [-0.2, -0.15) is 5.10 Å². The molecule has 0 saturated carbocycles. The van der Waals surface area contributed by atoms with Crippen molar-refractivity contribution in [1.82, 2.24) is 14.8 Å². The highest BCUT2D eigenvalue weighted by Crippen LogP contribution is 2.38. The quantitative estimate of drug-likeness (QED) is 0.782. The molecule has 4 rings (SSSR count). The number of carbonyl (C=O) groups is 1. The van der Waals surface area contributed by atoms with E-state index in [9.17, 15) is 4.79 Å². The summed E-state index contributed by atoms with van der Waals surface area (Å²) in [5.41, 5.74) is 5.48. The SMILES string of the molecule is Cc1ccc(C(C)C(=O)Nc2nc3c(s2)CCc2c-3cnn2C)cc1. The minimum absolute atomic E-state index is 0.0265. The molecule has 0 spiro atoms. The highest BCUT2D eigenvalue weighted by atomic mass is 32.1. The number of amides is 1.